The van der Waals surface area contributed by atoms with Crippen LogP contribution in [0.3, 0.4) is 0 Å². The maximum atomic E-state index is 12.2. The molecule has 5 nitrogen and oxygen atoms in total. The lowest BCUT2D eigenvalue weighted by Crippen LogP contribution is -2.38. The summed E-state index contributed by atoms with van der Waals surface area (Å²) < 4.78 is 0. The number of hydrogen-bond acceptors (Lipinski definition) is 3. The van der Waals surface area contributed by atoms with Crippen molar-refractivity contribution in [1.82, 2.24) is 15.5 Å². The van der Waals surface area contributed by atoms with Gasteiger partial charge < -0.3 is 15.5 Å². The number of piperidine rings is 1. The summed E-state index contributed by atoms with van der Waals surface area (Å²) in [4.78, 5) is 25.6. The van der Waals surface area contributed by atoms with Crippen LogP contribution < -0.4 is 10.6 Å². The van der Waals surface area contributed by atoms with E-state index in [1.165, 1.54) is 4.90 Å². The van der Waals surface area contributed by atoms with Crippen molar-refractivity contribution in [3.8, 4) is 0 Å². The Bertz CT molecular complexity index is 508. The van der Waals surface area contributed by atoms with Gasteiger partial charge in [0.15, 0.2) is 0 Å². The van der Waals surface area contributed by atoms with Crippen LogP contribution in [0.5, 0.6) is 0 Å². The van der Waals surface area contributed by atoms with E-state index in [1.54, 1.807) is 38.4 Å². The first-order valence-corrected chi connectivity index (χ1v) is 7.38. The van der Waals surface area contributed by atoms with E-state index < -0.39 is 0 Å². The van der Waals surface area contributed by atoms with Crippen molar-refractivity contribution in [1.29, 1.82) is 0 Å². The van der Waals surface area contributed by atoms with Crippen molar-refractivity contribution < 1.29 is 9.59 Å². The largest absolute Gasteiger partial charge is 0.352 e. The number of nitrogens with one attached hydrogen (secondary N) is 2. The predicted octanol–water partition coefficient (Wildman–Crippen LogP) is 1.12. The Morgan fingerprint density at radius 1 is 1.33 bits per heavy atom. The number of carbonyl (C=O) groups excluding carboxylic acids is 2. The fourth-order valence-electron chi connectivity index (χ4n) is 2.49. The third-order valence-corrected chi connectivity index (χ3v) is 3.73. The molecule has 1 aromatic rings. The molecule has 1 heterocycles. The van der Waals surface area contributed by atoms with Crippen molar-refractivity contribution in [3.63, 3.8) is 0 Å². The summed E-state index contributed by atoms with van der Waals surface area (Å²) in [5.74, 6) is 0.282. The zero-order chi connectivity index (χ0) is 15.2. The number of rotatable bonds is 4. The van der Waals surface area contributed by atoms with Crippen LogP contribution in [-0.2, 0) is 0 Å². The summed E-state index contributed by atoms with van der Waals surface area (Å²) in [6.45, 7) is 2.70. The fourth-order valence-corrected chi connectivity index (χ4v) is 2.49. The number of carbonyl (C=O) groups is 2. The fraction of sp³-hybridized carbons (Fsp3) is 0.500. The number of nitrogens with zero attached hydrogens (tertiary/aromatic N) is 1. The Labute approximate surface area is 125 Å². The molecule has 5 heteroatoms. The van der Waals surface area contributed by atoms with Crippen molar-refractivity contribution in [3.05, 3.63) is 35.4 Å². The van der Waals surface area contributed by atoms with Crippen molar-refractivity contribution in [2.45, 2.75) is 12.8 Å². The Morgan fingerprint density at radius 3 is 2.76 bits per heavy atom. The second kappa shape index (κ2) is 7.22. The molecule has 0 aliphatic carbocycles. The highest BCUT2D eigenvalue weighted by Crippen LogP contribution is 2.10. The minimum absolute atomic E-state index is 0.0962. The quantitative estimate of drug-likeness (QED) is 0.873. The SMILES string of the molecule is CN(C)C(=O)c1cccc(C(=O)NCC2CCCNC2)c1. The molecule has 21 heavy (non-hydrogen) atoms. The zero-order valence-electron chi connectivity index (χ0n) is 12.7. The molecule has 2 amide bonds. The molecule has 114 valence electrons. The summed E-state index contributed by atoms with van der Waals surface area (Å²) in [5.41, 5.74) is 1.07. The molecule has 2 rings (SSSR count). The highest BCUT2D eigenvalue weighted by atomic mass is 16.2. The Morgan fingerprint density at radius 2 is 2.10 bits per heavy atom. The standard InChI is InChI=1S/C16H23N3O2/c1-19(2)16(21)14-7-3-6-13(9-14)15(20)18-11-12-5-4-8-17-10-12/h3,6-7,9,12,17H,4-5,8,10-11H2,1-2H3,(H,18,20). The molecule has 0 aromatic heterocycles. The topological polar surface area (TPSA) is 61.4 Å². The van der Waals surface area contributed by atoms with Gasteiger partial charge in [-0.05, 0) is 50.0 Å². The molecule has 1 aliphatic rings. The van der Waals surface area contributed by atoms with E-state index in [1.807, 2.05) is 0 Å². The second-order valence-corrected chi connectivity index (χ2v) is 5.70. The first-order valence-electron chi connectivity index (χ1n) is 7.38. The van der Waals surface area contributed by atoms with Crippen LogP contribution >= 0.6 is 0 Å². The molecule has 0 saturated carbocycles. The summed E-state index contributed by atoms with van der Waals surface area (Å²) >= 11 is 0. The minimum atomic E-state index is -0.117. The highest BCUT2D eigenvalue weighted by Gasteiger charge is 2.15. The molecule has 1 fully saturated rings. The normalized spacial score (nSPS) is 18.1. The van der Waals surface area contributed by atoms with Gasteiger partial charge in [-0.2, -0.15) is 0 Å². The summed E-state index contributed by atoms with van der Waals surface area (Å²) in [6, 6.07) is 6.86. The Kier molecular flexibility index (Phi) is 5.33. The van der Waals surface area contributed by atoms with Gasteiger partial charge in [-0.25, -0.2) is 0 Å². The zero-order valence-corrected chi connectivity index (χ0v) is 12.7. The van der Waals surface area contributed by atoms with E-state index in [0.29, 0.717) is 23.6 Å². The number of benzene rings is 1. The lowest BCUT2D eigenvalue weighted by atomic mass is 9.99. The third kappa shape index (κ3) is 4.29. The Hall–Kier alpha value is -1.88. The van der Waals surface area contributed by atoms with Gasteiger partial charge in [0.25, 0.3) is 11.8 Å². The van der Waals surface area contributed by atoms with Crippen LogP contribution in [0.25, 0.3) is 0 Å². The molecule has 2 N–H and O–H groups in total. The van der Waals surface area contributed by atoms with Gasteiger partial charge in [-0.3, -0.25) is 9.59 Å². The van der Waals surface area contributed by atoms with E-state index in [-0.39, 0.29) is 11.8 Å². The van der Waals surface area contributed by atoms with Crippen molar-refractivity contribution in [2.24, 2.45) is 5.92 Å². The molecule has 0 bridgehead atoms. The molecular formula is C16H23N3O2. The molecule has 0 spiro atoms. The maximum absolute atomic E-state index is 12.2. The van der Waals surface area contributed by atoms with Gasteiger partial charge in [0.1, 0.15) is 0 Å². The van der Waals surface area contributed by atoms with Crippen LogP contribution in [0.4, 0.5) is 0 Å². The first kappa shape index (κ1) is 15.5. The van der Waals surface area contributed by atoms with Gasteiger partial charge in [0.05, 0.1) is 0 Å². The van der Waals surface area contributed by atoms with Gasteiger partial charge >= 0.3 is 0 Å². The summed E-state index contributed by atoms with van der Waals surface area (Å²) in [7, 11) is 3.40. The van der Waals surface area contributed by atoms with Crippen LogP contribution in [-0.4, -0.2) is 50.4 Å². The van der Waals surface area contributed by atoms with E-state index in [2.05, 4.69) is 10.6 Å². The van der Waals surface area contributed by atoms with Crippen LogP contribution in [0.15, 0.2) is 24.3 Å². The smallest absolute Gasteiger partial charge is 0.253 e. The van der Waals surface area contributed by atoms with Crippen LogP contribution in [0.1, 0.15) is 33.6 Å². The van der Waals surface area contributed by atoms with Gasteiger partial charge in [0, 0.05) is 31.8 Å². The molecule has 0 radical (unpaired) electrons. The average molecular weight is 289 g/mol. The monoisotopic (exact) mass is 289 g/mol. The van der Waals surface area contributed by atoms with E-state index in [4.69, 9.17) is 0 Å². The third-order valence-electron chi connectivity index (χ3n) is 3.73. The van der Waals surface area contributed by atoms with E-state index in [9.17, 15) is 9.59 Å². The predicted molar refractivity (Wildman–Crippen MR) is 82.4 cm³/mol. The second-order valence-electron chi connectivity index (χ2n) is 5.70. The van der Waals surface area contributed by atoms with Gasteiger partial charge in [0.2, 0.25) is 0 Å². The molecule has 1 saturated heterocycles. The summed E-state index contributed by atoms with van der Waals surface area (Å²) in [6.07, 6.45) is 2.31. The number of hydrogen-bond donors (Lipinski definition) is 2. The van der Waals surface area contributed by atoms with Crippen LogP contribution in [0, 0.1) is 5.92 Å². The molecule has 1 unspecified atom stereocenters. The lowest BCUT2D eigenvalue weighted by molar-refractivity contribution is 0.0827. The van der Waals surface area contributed by atoms with E-state index in [0.717, 1.165) is 25.9 Å². The van der Waals surface area contributed by atoms with E-state index >= 15 is 0 Å². The average Bonchev–Trinajstić information content (AvgIpc) is 2.53. The first-order chi connectivity index (χ1) is 10.1. The molecule has 1 aromatic carbocycles. The molecule has 1 aliphatic heterocycles. The van der Waals surface area contributed by atoms with Crippen LogP contribution in [0.2, 0.25) is 0 Å². The minimum Gasteiger partial charge on any atom is -0.352 e. The molecule has 1 atom stereocenters. The molecular weight excluding hydrogens is 266 g/mol. The van der Waals surface area contributed by atoms with Gasteiger partial charge in [-0.1, -0.05) is 6.07 Å². The summed E-state index contributed by atoms with van der Waals surface area (Å²) in [5, 5.41) is 6.29. The van der Waals surface area contributed by atoms with Crippen molar-refractivity contribution >= 4 is 11.8 Å². The Balaban J connectivity index is 1.95. The number of amides is 2. The maximum Gasteiger partial charge on any atom is 0.253 e. The van der Waals surface area contributed by atoms with Crippen molar-refractivity contribution in [2.75, 3.05) is 33.7 Å². The highest BCUT2D eigenvalue weighted by molar-refractivity contribution is 5.99. The lowest BCUT2D eigenvalue weighted by Gasteiger charge is -2.22. The van der Waals surface area contributed by atoms with Gasteiger partial charge in [-0.15, -0.1) is 0 Å².